The van der Waals surface area contributed by atoms with Gasteiger partial charge in [-0.05, 0) is 55.0 Å². The Hall–Kier alpha value is -3.04. The van der Waals surface area contributed by atoms with Crippen molar-refractivity contribution in [3.8, 4) is 17.2 Å². The van der Waals surface area contributed by atoms with Crippen LogP contribution in [0.25, 0.3) is 0 Å². The third-order valence-corrected chi connectivity index (χ3v) is 6.26. The van der Waals surface area contributed by atoms with Crippen molar-refractivity contribution >= 4 is 29.2 Å². The van der Waals surface area contributed by atoms with Gasteiger partial charge in [0.25, 0.3) is 0 Å². The zero-order chi connectivity index (χ0) is 22.1. The summed E-state index contributed by atoms with van der Waals surface area (Å²) in [5, 5.41) is 0. The van der Waals surface area contributed by atoms with Gasteiger partial charge in [0.05, 0.1) is 11.4 Å². The first-order valence-electron chi connectivity index (χ1n) is 10.2. The molecule has 0 aliphatic carbocycles. The van der Waals surface area contributed by atoms with Crippen molar-refractivity contribution < 1.29 is 22.6 Å². The number of hydrogen-bond acceptors (Lipinski definition) is 6. The van der Waals surface area contributed by atoms with E-state index < -0.39 is 6.36 Å². The molecule has 1 atom stereocenters. The smallest absolute Gasteiger partial charge is 0.453 e. The van der Waals surface area contributed by atoms with Crippen LogP contribution >= 0.6 is 12.1 Å². The highest BCUT2D eigenvalue weighted by molar-refractivity contribution is 7.98. The van der Waals surface area contributed by atoms with Gasteiger partial charge < -0.3 is 19.1 Å². The summed E-state index contributed by atoms with van der Waals surface area (Å²) in [4.78, 5) is 2.35. The van der Waals surface area contributed by atoms with Gasteiger partial charge in [0.2, 0.25) is 0 Å². The Morgan fingerprint density at radius 2 is 1.53 bits per heavy atom. The summed E-state index contributed by atoms with van der Waals surface area (Å²) in [7, 11) is 0. The van der Waals surface area contributed by atoms with E-state index in [1.54, 1.807) is 12.1 Å². The van der Waals surface area contributed by atoms with Crippen molar-refractivity contribution in [2.45, 2.75) is 18.8 Å². The number of nitrogens with one attached hydrogen (secondary N) is 1. The first-order valence-corrected chi connectivity index (χ1v) is 10.9. The average Bonchev–Trinajstić information content (AvgIpc) is 3.24. The highest BCUT2D eigenvalue weighted by Gasteiger charge is 2.34. The molecular formula is C23H20F3N3O2S. The maximum Gasteiger partial charge on any atom is 0.573 e. The van der Waals surface area contributed by atoms with Gasteiger partial charge in [0.1, 0.15) is 5.75 Å². The number of halogens is 3. The van der Waals surface area contributed by atoms with Crippen LogP contribution in [-0.4, -0.2) is 29.8 Å². The standard InChI is InChI=1S/C23H20F3N3O2S/c24-23(25,26)31-18-11-9-16(10-12-18)27-32-28-14-13-17(15-28)29-19-5-1-3-7-21(19)30-22-8-4-2-6-20(22)29/h1-12,17,27H,13-15H2/t17-/m0/s1. The lowest BCUT2D eigenvalue weighted by molar-refractivity contribution is -0.274. The van der Waals surface area contributed by atoms with Gasteiger partial charge in [-0.1, -0.05) is 24.3 Å². The third-order valence-electron chi connectivity index (χ3n) is 5.34. The van der Waals surface area contributed by atoms with Crippen molar-refractivity contribution in [3.05, 3.63) is 72.8 Å². The molecule has 9 heteroatoms. The second-order valence-corrected chi connectivity index (χ2v) is 8.41. The summed E-state index contributed by atoms with van der Waals surface area (Å²) in [6.07, 6.45) is -3.72. The second-order valence-electron chi connectivity index (χ2n) is 7.50. The van der Waals surface area contributed by atoms with E-state index in [2.05, 4.69) is 30.8 Å². The largest absolute Gasteiger partial charge is 0.573 e. The molecule has 0 spiro atoms. The van der Waals surface area contributed by atoms with E-state index in [0.29, 0.717) is 5.69 Å². The molecule has 2 heterocycles. The van der Waals surface area contributed by atoms with E-state index in [0.717, 1.165) is 42.4 Å². The predicted octanol–water partition coefficient (Wildman–Crippen LogP) is 6.58. The molecule has 0 aromatic heterocycles. The van der Waals surface area contributed by atoms with Crippen LogP contribution in [0.1, 0.15) is 6.42 Å². The van der Waals surface area contributed by atoms with E-state index in [1.165, 1.54) is 24.3 Å². The molecule has 3 aromatic carbocycles. The minimum atomic E-state index is -4.69. The lowest BCUT2D eigenvalue weighted by atomic mass is 10.1. The van der Waals surface area contributed by atoms with Crippen LogP contribution in [-0.2, 0) is 0 Å². The van der Waals surface area contributed by atoms with Crippen LogP contribution in [0.3, 0.4) is 0 Å². The van der Waals surface area contributed by atoms with Crippen molar-refractivity contribution in [3.63, 3.8) is 0 Å². The molecule has 2 aliphatic rings. The van der Waals surface area contributed by atoms with Gasteiger partial charge >= 0.3 is 6.36 Å². The van der Waals surface area contributed by atoms with Crippen molar-refractivity contribution in [2.24, 2.45) is 0 Å². The fraction of sp³-hybridized carbons (Fsp3) is 0.217. The number of ether oxygens (including phenoxy) is 2. The molecule has 2 aliphatic heterocycles. The molecular weight excluding hydrogens is 439 g/mol. The predicted molar refractivity (Wildman–Crippen MR) is 119 cm³/mol. The molecule has 1 N–H and O–H groups in total. The highest BCUT2D eigenvalue weighted by Crippen LogP contribution is 2.48. The molecule has 1 saturated heterocycles. The number of nitrogens with zero attached hydrogens (tertiary/aromatic N) is 2. The second kappa shape index (κ2) is 8.48. The van der Waals surface area contributed by atoms with Crippen LogP contribution in [0.5, 0.6) is 17.2 Å². The third kappa shape index (κ3) is 4.44. The topological polar surface area (TPSA) is 37.0 Å². The van der Waals surface area contributed by atoms with E-state index in [4.69, 9.17) is 4.74 Å². The average molecular weight is 459 g/mol. The molecule has 0 unspecified atom stereocenters. The molecule has 0 bridgehead atoms. The first kappa shape index (κ1) is 20.8. The van der Waals surface area contributed by atoms with Crippen molar-refractivity contribution in [2.75, 3.05) is 22.7 Å². The Labute approximate surface area is 188 Å². The Morgan fingerprint density at radius 1 is 0.906 bits per heavy atom. The van der Waals surface area contributed by atoms with Crippen LogP contribution in [0.15, 0.2) is 72.8 Å². The molecule has 5 nitrogen and oxygen atoms in total. The number of anilines is 3. The number of benzene rings is 3. The monoisotopic (exact) mass is 459 g/mol. The molecule has 166 valence electrons. The Kier molecular flexibility index (Phi) is 5.52. The van der Waals surface area contributed by atoms with Crippen LogP contribution in [0.2, 0.25) is 0 Å². The van der Waals surface area contributed by atoms with Gasteiger partial charge in [-0.15, -0.1) is 13.2 Å². The van der Waals surface area contributed by atoms with Gasteiger partial charge in [-0.3, -0.25) is 0 Å². The van der Waals surface area contributed by atoms with Gasteiger partial charge in [-0.25, -0.2) is 4.31 Å². The van der Waals surface area contributed by atoms with E-state index in [9.17, 15) is 13.2 Å². The van der Waals surface area contributed by atoms with Gasteiger partial charge in [0.15, 0.2) is 11.5 Å². The summed E-state index contributed by atoms with van der Waals surface area (Å²) < 4.78 is 52.3. The summed E-state index contributed by atoms with van der Waals surface area (Å²) in [5.41, 5.74) is 2.81. The summed E-state index contributed by atoms with van der Waals surface area (Å²) >= 11 is 1.45. The maximum atomic E-state index is 12.3. The number of hydrogen-bond donors (Lipinski definition) is 1. The molecule has 0 saturated carbocycles. The molecule has 3 aromatic rings. The number of para-hydroxylation sites is 4. The van der Waals surface area contributed by atoms with Crippen molar-refractivity contribution in [1.82, 2.24) is 4.31 Å². The maximum absolute atomic E-state index is 12.3. The minimum Gasteiger partial charge on any atom is -0.453 e. The van der Waals surface area contributed by atoms with E-state index >= 15 is 0 Å². The van der Waals surface area contributed by atoms with E-state index in [1.807, 2.05) is 36.4 Å². The summed E-state index contributed by atoms with van der Waals surface area (Å²) in [6, 6.07) is 22.1. The molecule has 32 heavy (non-hydrogen) atoms. The normalized spacial score (nSPS) is 18.0. The first-order chi connectivity index (χ1) is 15.5. The lowest BCUT2D eigenvalue weighted by Crippen LogP contribution is -2.34. The zero-order valence-electron chi connectivity index (χ0n) is 16.9. The van der Waals surface area contributed by atoms with Crippen LogP contribution in [0, 0.1) is 0 Å². The quantitative estimate of drug-likeness (QED) is 0.435. The van der Waals surface area contributed by atoms with Crippen molar-refractivity contribution in [1.29, 1.82) is 0 Å². The van der Waals surface area contributed by atoms with Gasteiger partial charge in [0, 0.05) is 37.0 Å². The Morgan fingerprint density at radius 3 is 2.16 bits per heavy atom. The Bertz CT molecular complexity index is 1050. The molecule has 0 amide bonds. The van der Waals surface area contributed by atoms with Crippen LogP contribution in [0.4, 0.5) is 30.2 Å². The van der Waals surface area contributed by atoms with E-state index in [-0.39, 0.29) is 11.8 Å². The molecule has 1 fully saturated rings. The molecule has 0 radical (unpaired) electrons. The number of rotatable bonds is 5. The fourth-order valence-corrected chi connectivity index (χ4v) is 4.79. The fourth-order valence-electron chi connectivity index (χ4n) is 3.97. The Balaban J connectivity index is 1.25. The highest BCUT2D eigenvalue weighted by atomic mass is 32.2. The lowest BCUT2D eigenvalue weighted by Gasteiger charge is -2.36. The number of alkyl halides is 3. The number of fused-ring (bicyclic) bond motifs is 2. The summed E-state index contributed by atoms with van der Waals surface area (Å²) in [5.74, 6) is 1.45. The zero-order valence-corrected chi connectivity index (χ0v) is 17.7. The van der Waals surface area contributed by atoms with Crippen LogP contribution < -0.4 is 19.1 Å². The molecule has 5 rings (SSSR count). The minimum absolute atomic E-state index is 0.237. The summed E-state index contributed by atoms with van der Waals surface area (Å²) in [6.45, 7) is 1.69. The SMILES string of the molecule is FC(F)(F)Oc1ccc(NSN2CC[C@H](N3c4ccccc4Oc4ccccc43)C2)cc1. The van der Waals surface area contributed by atoms with Gasteiger partial charge in [-0.2, -0.15) is 0 Å².